The Hall–Kier alpha value is -3.57. The van der Waals surface area contributed by atoms with Crippen LogP contribution in [-0.4, -0.2) is 36.5 Å². The number of fused-ring (bicyclic) bond motifs is 1. The van der Waals surface area contributed by atoms with Crippen LogP contribution < -0.4 is 10.0 Å². The zero-order chi connectivity index (χ0) is 23.9. The molecule has 0 aliphatic carbocycles. The van der Waals surface area contributed by atoms with Crippen molar-refractivity contribution in [3.05, 3.63) is 71.0 Å². The van der Waals surface area contributed by atoms with Gasteiger partial charge in [-0.3, -0.25) is 14.5 Å². The first kappa shape index (κ1) is 22.2. The first-order valence-electron chi connectivity index (χ1n) is 10.5. The van der Waals surface area contributed by atoms with Gasteiger partial charge in [-0.25, -0.2) is 17.5 Å². The van der Waals surface area contributed by atoms with E-state index in [9.17, 15) is 17.6 Å². The molecule has 0 radical (unpaired) electrons. The first-order valence-corrected chi connectivity index (χ1v) is 12.8. The van der Waals surface area contributed by atoms with Crippen LogP contribution in [-0.2, 0) is 10.0 Å². The smallest absolute Gasteiger partial charge is 0.265 e. The molecule has 1 aliphatic heterocycles. The number of nitrogens with one attached hydrogen (secondary N) is 2. The molecule has 34 heavy (non-hydrogen) atoms. The number of amidine groups is 1. The number of hydrogen-bond acceptors (Lipinski definition) is 6. The standard InChI is InChI=1S/C23H20FN5O3S2/c1-14-19-13-20(33-23(19)29(27-14)17-9-7-15(24)8-10-17)22(30)26-16-4-2-5-18(12-16)34(31,32)28-21-6-3-11-25-21/h2,4-5,7-10,12-13H,3,6,11H2,1H3,(H,25,28)(H,26,30). The predicted molar refractivity (Wildman–Crippen MR) is 130 cm³/mol. The summed E-state index contributed by atoms with van der Waals surface area (Å²) in [5, 5.41) is 8.09. The van der Waals surface area contributed by atoms with E-state index in [1.807, 2.05) is 6.92 Å². The van der Waals surface area contributed by atoms with Gasteiger partial charge < -0.3 is 5.32 Å². The summed E-state index contributed by atoms with van der Waals surface area (Å²) in [5.41, 5.74) is 1.78. The molecule has 5 rings (SSSR count). The van der Waals surface area contributed by atoms with Gasteiger partial charge in [0.25, 0.3) is 15.9 Å². The van der Waals surface area contributed by atoms with Crippen molar-refractivity contribution in [3.63, 3.8) is 0 Å². The number of benzene rings is 2. The summed E-state index contributed by atoms with van der Waals surface area (Å²) in [4.78, 5) is 18.3. The van der Waals surface area contributed by atoms with Crippen molar-refractivity contribution in [3.8, 4) is 5.69 Å². The van der Waals surface area contributed by atoms with Gasteiger partial charge >= 0.3 is 0 Å². The Balaban J connectivity index is 1.39. The highest BCUT2D eigenvalue weighted by Gasteiger charge is 2.20. The van der Waals surface area contributed by atoms with Gasteiger partial charge in [0.05, 0.1) is 21.2 Å². The molecule has 2 aromatic heterocycles. The van der Waals surface area contributed by atoms with E-state index in [2.05, 4.69) is 20.1 Å². The quantitative estimate of drug-likeness (QED) is 0.430. The third kappa shape index (κ3) is 4.31. The number of halogens is 1. The molecule has 4 aromatic rings. The molecule has 3 heterocycles. The number of carbonyl (C=O) groups excluding carboxylic acids is 1. The second kappa shape index (κ2) is 8.65. The molecule has 2 aromatic carbocycles. The highest BCUT2D eigenvalue weighted by molar-refractivity contribution is 7.90. The summed E-state index contributed by atoms with van der Waals surface area (Å²) < 4.78 is 42.8. The molecule has 0 saturated heterocycles. The Bertz CT molecular complexity index is 1540. The minimum atomic E-state index is -3.79. The molecule has 174 valence electrons. The zero-order valence-corrected chi connectivity index (χ0v) is 19.7. The highest BCUT2D eigenvalue weighted by atomic mass is 32.2. The fourth-order valence-electron chi connectivity index (χ4n) is 3.69. The van der Waals surface area contributed by atoms with E-state index in [-0.39, 0.29) is 16.6 Å². The number of nitrogens with zero attached hydrogens (tertiary/aromatic N) is 3. The van der Waals surface area contributed by atoms with E-state index >= 15 is 0 Å². The van der Waals surface area contributed by atoms with Gasteiger partial charge in [0.15, 0.2) is 0 Å². The lowest BCUT2D eigenvalue weighted by molar-refractivity contribution is 0.103. The number of rotatable bonds is 5. The molecule has 0 saturated carbocycles. The van der Waals surface area contributed by atoms with E-state index in [4.69, 9.17) is 0 Å². The molecule has 1 amide bonds. The average Bonchev–Trinajstić information content (AvgIpc) is 3.53. The lowest BCUT2D eigenvalue weighted by atomic mass is 10.3. The molecule has 0 atom stereocenters. The highest BCUT2D eigenvalue weighted by Crippen LogP contribution is 2.31. The van der Waals surface area contributed by atoms with E-state index < -0.39 is 10.0 Å². The maximum atomic E-state index is 13.3. The minimum absolute atomic E-state index is 0.0408. The van der Waals surface area contributed by atoms with Gasteiger partial charge in [0.1, 0.15) is 16.5 Å². The molecular formula is C23H20FN5O3S2. The van der Waals surface area contributed by atoms with Crippen LogP contribution in [0.25, 0.3) is 15.9 Å². The van der Waals surface area contributed by atoms with Crippen LogP contribution in [0.4, 0.5) is 10.1 Å². The molecule has 11 heteroatoms. The SMILES string of the molecule is Cc1nn(-c2ccc(F)cc2)c2sc(C(=O)Nc3cccc(S(=O)(=O)NC4=NCCC4)c3)cc12. The van der Waals surface area contributed by atoms with Crippen LogP contribution in [0.15, 0.2) is 64.5 Å². The van der Waals surface area contributed by atoms with E-state index in [1.54, 1.807) is 35.0 Å². The summed E-state index contributed by atoms with van der Waals surface area (Å²) >= 11 is 1.25. The molecule has 1 aliphatic rings. The number of amides is 1. The monoisotopic (exact) mass is 497 g/mol. The fourth-order valence-corrected chi connectivity index (χ4v) is 5.90. The third-order valence-corrected chi connectivity index (χ3v) is 7.86. The van der Waals surface area contributed by atoms with Gasteiger partial charge in [-0.2, -0.15) is 5.10 Å². The Morgan fingerprint density at radius 3 is 2.68 bits per heavy atom. The van der Waals surface area contributed by atoms with Crippen molar-refractivity contribution >= 4 is 49.0 Å². The number of aromatic nitrogens is 2. The second-order valence-corrected chi connectivity index (χ2v) is 10.5. The number of aryl methyl sites for hydroxylation is 1. The predicted octanol–water partition coefficient (Wildman–Crippen LogP) is 4.26. The van der Waals surface area contributed by atoms with Crippen LogP contribution in [0.2, 0.25) is 0 Å². The summed E-state index contributed by atoms with van der Waals surface area (Å²) in [5.74, 6) is -0.259. The Morgan fingerprint density at radius 2 is 1.94 bits per heavy atom. The van der Waals surface area contributed by atoms with E-state index in [0.29, 0.717) is 35.1 Å². The lowest BCUT2D eigenvalue weighted by Gasteiger charge is -2.09. The normalized spacial score (nSPS) is 13.8. The number of thiophene rings is 1. The molecule has 0 bridgehead atoms. The topological polar surface area (TPSA) is 105 Å². The molecule has 0 spiro atoms. The zero-order valence-electron chi connectivity index (χ0n) is 18.1. The van der Waals surface area contributed by atoms with E-state index in [1.165, 1.54) is 35.6 Å². The van der Waals surface area contributed by atoms with Crippen molar-refractivity contribution in [2.45, 2.75) is 24.7 Å². The number of sulfonamides is 1. The Labute approximate surface area is 199 Å². The third-order valence-electron chi connectivity index (χ3n) is 5.37. The van der Waals surface area contributed by atoms with Crippen molar-refractivity contribution in [2.75, 3.05) is 11.9 Å². The Morgan fingerprint density at radius 1 is 1.15 bits per heavy atom. The number of carbonyl (C=O) groups is 1. The van der Waals surface area contributed by atoms with Gasteiger partial charge in [0.2, 0.25) is 0 Å². The van der Waals surface area contributed by atoms with Crippen molar-refractivity contribution in [2.24, 2.45) is 4.99 Å². The number of hydrogen-bond donors (Lipinski definition) is 2. The molecule has 0 unspecified atom stereocenters. The van der Waals surface area contributed by atoms with Crippen molar-refractivity contribution in [1.82, 2.24) is 14.5 Å². The van der Waals surface area contributed by atoms with Gasteiger partial charge in [0, 0.05) is 24.0 Å². The van der Waals surface area contributed by atoms with Gasteiger partial charge in [-0.1, -0.05) is 6.07 Å². The van der Waals surface area contributed by atoms with Crippen molar-refractivity contribution < 1.29 is 17.6 Å². The summed E-state index contributed by atoms with van der Waals surface area (Å²) in [6.07, 6.45) is 1.41. The second-order valence-electron chi connectivity index (χ2n) is 7.82. The van der Waals surface area contributed by atoms with Crippen LogP contribution >= 0.6 is 11.3 Å². The van der Waals surface area contributed by atoms with Gasteiger partial charge in [-0.05, 0) is 61.9 Å². The lowest BCUT2D eigenvalue weighted by Crippen LogP contribution is -2.29. The van der Waals surface area contributed by atoms with Crippen LogP contribution in [0.1, 0.15) is 28.2 Å². The van der Waals surface area contributed by atoms with Gasteiger partial charge in [-0.15, -0.1) is 11.3 Å². The summed E-state index contributed by atoms with van der Waals surface area (Å²) in [7, 11) is -3.79. The molecular weight excluding hydrogens is 477 g/mol. The maximum absolute atomic E-state index is 13.3. The average molecular weight is 498 g/mol. The molecule has 8 nitrogen and oxygen atoms in total. The molecule has 2 N–H and O–H groups in total. The summed E-state index contributed by atoms with van der Waals surface area (Å²) in [6.45, 7) is 2.45. The Kier molecular flexibility index (Phi) is 5.66. The maximum Gasteiger partial charge on any atom is 0.265 e. The van der Waals surface area contributed by atoms with Crippen LogP contribution in [0.3, 0.4) is 0 Å². The van der Waals surface area contributed by atoms with Crippen LogP contribution in [0.5, 0.6) is 0 Å². The minimum Gasteiger partial charge on any atom is -0.321 e. The van der Waals surface area contributed by atoms with Crippen LogP contribution in [0, 0.1) is 12.7 Å². The van der Waals surface area contributed by atoms with E-state index in [0.717, 1.165) is 22.3 Å². The number of anilines is 1. The summed E-state index contributed by atoms with van der Waals surface area (Å²) in [6, 6.07) is 13.8. The fraction of sp³-hybridized carbons (Fsp3) is 0.174. The molecule has 0 fully saturated rings. The van der Waals surface area contributed by atoms with Crippen molar-refractivity contribution in [1.29, 1.82) is 0 Å². The largest absolute Gasteiger partial charge is 0.321 e. The first-order chi connectivity index (χ1) is 16.3. The number of aliphatic imine (C=N–C) groups is 1.